The topological polar surface area (TPSA) is 71.5 Å². The van der Waals surface area contributed by atoms with E-state index in [1.54, 1.807) is 0 Å². The van der Waals surface area contributed by atoms with E-state index in [9.17, 15) is 9.90 Å². The van der Waals surface area contributed by atoms with Crippen molar-refractivity contribution in [1.29, 1.82) is 0 Å². The Bertz CT molecular complexity index is 516. The van der Waals surface area contributed by atoms with Crippen LogP contribution in [0.5, 0.6) is 0 Å². The molecule has 1 aromatic heterocycles. The van der Waals surface area contributed by atoms with Gasteiger partial charge in [0.2, 0.25) is 5.91 Å². The average Bonchev–Trinajstić information content (AvgIpc) is 2.46. The Kier molecular flexibility index (Phi) is 4.74. The molecule has 2 fully saturated rings. The zero-order valence-corrected chi connectivity index (χ0v) is 13.0. The monoisotopic (exact) mass is 304 g/mol. The molecule has 2 atom stereocenters. The van der Waals surface area contributed by atoms with Gasteiger partial charge in [0.15, 0.2) is 0 Å². The largest absolute Gasteiger partial charge is 0.393 e. The molecule has 120 valence electrons. The quantitative estimate of drug-likeness (QED) is 0.836. The van der Waals surface area contributed by atoms with E-state index >= 15 is 0 Å². The van der Waals surface area contributed by atoms with Crippen molar-refractivity contribution >= 4 is 5.91 Å². The highest BCUT2D eigenvalue weighted by Gasteiger charge is 2.38. The first-order chi connectivity index (χ1) is 10.6. The first-order valence-corrected chi connectivity index (χ1v) is 8.12. The number of pyridine rings is 1. The van der Waals surface area contributed by atoms with E-state index in [1.165, 1.54) is 0 Å². The normalized spacial score (nSPS) is 30.8. The van der Waals surface area contributed by atoms with Crippen LogP contribution in [-0.4, -0.2) is 22.1 Å². The van der Waals surface area contributed by atoms with Gasteiger partial charge in [-0.25, -0.2) is 5.48 Å². The minimum atomic E-state index is -0.170. The molecular weight excluding hydrogens is 280 g/mol. The van der Waals surface area contributed by atoms with Gasteiger partial charge in [-0.15, -0.1) is 0 Å². The van der Waals surface area contributed by atoms with Gasteiger partial charge in [0.05, 0.1) is 11.8 Å². The number of hydroxylamine groups is 1. The number of hydrogen-bond donors (Lipinski definition) is 2. The molecule has 0 radical (unpaired) electrons. The Hall–Kier alpha value is -1.46. The number of nitrogens with zero attached hydrogens (tertiary/aromatic N) is 1. The van der Waals surface area contributed by atoms with Gasteiger partial charge in [-0.05, 0) is 63.0 Å². The highest BCUT2D eigenvalue weighted by atomic mass is 16.6. The lowest BCUT2D eigenvalue weighted by Crippen LogP contribution is -2.40. The van der Waals surface area contributed by atoms with Crippen molar-refractivity contribution in [1.82, 2.24) is 10.5 Å². The zero-order valence-electron chi connectivity index (χ0n) is 13.0. The minimum absolute atomic E-state index is 0.0155. The number of aliphatic hydroxyl groups is 1. The third kappa shape index (κ3) is 3.84. The van der Waals surface area contributed by atoms with Crippen LogP contribution in [0.1, 0.15) is 43.5 Å². The lowest BCUT2D eigenvalue weighted by Gasteiger charge is -2.40. The lowest BCUT2D eigenvalue weighted by molar-refractivity contribution is -0.142. The molecule has 2 aliphatic rings. The van der Waals surface area contributed by atoms with Crippen molar-refractivity contribution in [2.24, 2.45) is 17.8 Å². The summed E-state index contributed by atoms with van der Waals surface area (Å²) < 4.78 is 0. The summed E-state index contributed by atoms with van der Waals surface area (Å²) >= 11 is 0. The first-order valence-electron chi connectivity index (χ1n) is 8.12. The Labute approximate surface area is 131 Å². The summed E-state index contributed by atoms with van der Waals surface area (Å²) in [7, 11) is 0. The van der Waals surface area contributed by atoms with Crippen LogP contribution in [0, 0.1) is 24.7 Å². The maximum absolute atomic E-state index is 12.2. The number of carbonyl (C=O) groups is 1. The number of rotatable bonds is 4. The molecule has 2 N–H and O–H groups in total. The number of aromatic nitrogens is 1. The first kappa shape index (κ1) is 15.4. The molecule has 1 aromatic rings. The Balaban J connectivity index is 1.46. The van der Waals surface area contributed by atoms with Gasteiger partial charge in [-0.2, -0.15) is 0 Å². The van der Waals surface area contributed by atoms with Crippen molar-refractivity contribution in [2.75, 3.05) is 0 Å². The second kappa shape index (κ2) is 6.75. The molecule has 1 heterocycles. The molecule has 2 aliphatic carbocycles. The van der Waals surface area contributed by atoms with Gasteiger partial charge < -0.3 is 5.11 Å². The van der Waals surface area contributed by atoms with Crippen LogP contribution in [0.25, 0.3) is 0 Å². The van der Waals surface area contributed by atoms with Crippen LogP contribution in [-0.2, 0) is 16.2 Å². The van der Waals surface area contributed by atoms with E-state index in [1.807, 2.05) is 25.1 Å². The summed E-state index contributed by atoms with van der Waals surface area (Å²) in [6, 6.07) is 5.74. The van der Waals surface area contributed by atoms with Crippen molar-refractivity contribution < 1.29 is 14.7 Å². The Morgan fingerprint density at radius 2 is 2.00 bits per heavy atom. The van der Waals surface area contributed by atoms with Gasteiger partial charge in [0.25, 0.3) is 0 Å². The number of aliphatic hydroxyl groups excluding tert-OH is 1. The van der Waals surface area contributed by atoms with Gasteiger partial charge in [0.1, 0.15) is 6.61 Å². The molecule has 5 heteroatoms. The molecule has 22 heavy (non-hydrogen) atoms. The van der Waals surface area contributed by atoms with Crippen LogP contribution in [0.4, 0.5) is 0 Å². The number of hydrogen-bond acceptors (Lipinski definition) is 4. The van der Waals surface area contributed by atoms with Gasteiger partial charge in [-0.1, -0.05) is 6.07 Å². The Morgan fingerprint density at radius 3 is 2.68 bits per heavy atom. The highest BCUT2D eigenvalue weighted by molar-refractivity contribution is 5.77. The number of carbonyl (C=O) groups excluding carboxylic acids is 1. The second-order valence-corrected chi connectivity index (χ2v) is 6.79. The number of aryl methyl sites for hydroxylation is 1. The van der Waals surface area contributed by atoms with E-state index in [0.717, 1.165) is 43.5 Å². The second-order valence-electron chi connectivity index (χ2n) is 6.79. The van der Waals surface area contributed by atoms with Crippen LogP contribution in [0.15, 0.2) is 18.2 Å². The molecule has 0 aromatic carbocycles. The summed E-state index contributed by atoms with van der Waals surface area (Å²) in [5, 5.41) is 9.80. The molecule has 3 rings (SSSR count). The lowest BCUT2D eigenvalue weighted by atomic mass is 9.67. The summed E-state index contributed by atoms with van der Waals surface area (Å²) in [5.41, 5.74) is 4.32. The molecule has 2 bridgehead atoms. The van der Waals surface area contributed by atoms with E-state index in [0.29, 0.717) is 11.8 Å². The van der Waals surface area contributed by atoms with E-state index < -0.39 is 0 Å². The fourth-order valence-corrected chi connectivity index (χ4v) is 3.97. The SMILES string of the molecule is Cc1cccc(CONC(=O)C2CC3CC(O)CC(C3)C2)n1. The molecule has 5 nitrogen and oxygen atoms in total. The van der Waals surface area contributed by atoms with Crippen molar-refractivity contribution in [3.8, 4) is 0 Å². The van der Waals surface area contributed by atoms with Crippen LogP contribution >= 0.6 is 0 Å². The van der Waals surface area contributed by atoms with Crippen molar-refractivity contribution in [3.63, 3.8) is 0 Å². The molecule has 1 amide bonds. The van der Waals surface area contributed by atoms with Crippen LogP contribution in [0.3, 0.4) is 0 Å². The highest BCUT2D eigenvalue weighted by Crippen LogP contribution is 2.42. The van der Waals surface area contributed by atoms with Crippen LogP contribution in [0.2, 0.25) is 0 Å². The fourth-order valence-electron chi connectivity index (χ4n) is 3.97. The smallest absolute Gasteiger partial charge is 0.246 e. The van der Waals surface area contributed by atoms with Crippen molar-refractivity contribution in [3.05, 3.63) is 29.6 Å². The minimum Gasteiger partial charge on any atom is -0.393 e. The van der Waals surface area contributed by atoms with E-state index in [2.05, 4.69) is 10.5 Å². The number of amides is 1. The molecule has 0 saturated heterocycles. The third-order valence-electron chi connectivity index (χ3n) is 4.82. The third-order valence-corrected chi connectivity index (χ3v) is 4.82. The summed E-state index contributed by atoms with van der Waals surface area (Å²) in [4.78, 5) is 21.9. The number of nitrogens with one attached hydrogen (secondary N) is 1. The van der Waals surface area contributed by atoms with Gasteiger partial charge in [0, 0.05) is 11.6 Å². The molecule has 2 saturated carbocycles. The van der Waals surface area contributed by atoms with Gasteiger partial charge in [-0.3, -0.25) is 14.6 Å². The van der Waals surface area contributed by atoms with Gasteiger partial charge >= 0.3 is 0 Å². The van der Waals surface area contributed by atoms with E-state index in [4.69, 9.17) is 4.84 Å². The van der Waals surface area contributed by atoms with E-state index in [-0.39, 0.29) is 24.5 Å². The maximum Gasteiger partial charge on any atom is 0.246 e. The summed E-state index contributed by atoms with van der Waals surface area (Å²) in [6.45, 7) is 2.21. The molecule has 0 aliphatic heterocycles. The van der Waals surface area contributed by atoms with Crippen LogP contribution < -0.4 is 5.48 Å². The maximum atomic E-state index is 12.2. The predicted octanol–water partition coefficient (Wildman–Crippen LogP) is 2.13. The van der Waals surface area contributed by atoms with Crippen molar-refractivity contribution in [2.45, 2.75) is 51.7 Å². The Morgan fingerprint density at radius 1 is 1.27 bits per heavy atom. The average molecular weight is 304 g/mol. The predicted molar refractivity (Wildman–Crippen MR) is 81.5 cm³/mol. The summed E-state index contributed by atoms with van der Waals surface area (Å²) in [5.74, 6) is 0.953. The summed E-state index contributed by atoms with van der Waals surface area (Å²) in [6.07, 6.45) is 4.41. The zero-order chi connectivity index (χ0) is 15.5. The standard InChI is InChI=1S/C17H24N2O3/c1-11-3-2-4-15(18-11)10-22-19-17(21)14-6-12-5-13(7-14)9-16(20)8-12/h2-4,12-14,16,20H,5-10H2,1H3,(H,19,21). The fraction of sp³-hybridized carbons (Fsp3) is 0.647. The molecule has 2 unspecified atom stereocenters. The number of fused-ring (bicyclic) bond motifs is 2. The molecular formula is C17H24N2O3. The molecule has 0 spiro atoms.